The van der Waals surface area contributed by atoms with Gasteiger partial charge in [0.15, 0.2) is 4.20 Å². The van der Waals surface area contributed by atoms with E-state index in [0.29, 0.717) is 5.56 Å². The number of nitrogens with two attached hydrogens (primary N) is 1. The lowest BCUT2D eigenvalue weighted by Gasteiger charge is -2.32. The highest BCUT2D eigenvalue weighted by atomic mass is 32.2. The topological polar surface area (TPSA) is 86.0 Å². The molecule has 26 heavy (non-hydrogen) atoms. The molecule has 1 fully saturated rings. The molecule has 0 radical (unpaired) electrons. The normalized spacial score (nSPS) is 30.8. The van der Waals surface area contributed by atoms with E-state index in [9.17, 15) is 14.9 Å². The van der Waals surface area contributed by atoms with Crippen LogP contribution in [0.4, 0.5) is 4.39 Å². The minimum atomic E-state index is -1.18. The molecule has 0 saturated heterocycles. The predicted octanol–water partition coefficient (Wildman–Crippen LogP) is 4.25. The molecule has 7 heteroatoms. The molecule has 1 heterocycles. The van der Waals surface area contributed by atoms with E-state index >= 15 is 0 Å². The fourth-order valence-corrected chi connectivity index (χ4v) is 7.25. The standard InChI is InChI=1S/C19H21FN4S2/c1-3-8-25-19(26-9-4-2)18(12-22)15(13-6-5-7-14(20)10-13)17(18,11-21)16(23)24-19/h5-7,10,15H,3-4,8-9H2,1-2H3,(H2,23,24). The number of fused-ring (bicyclic) bond motifs is 1. The van der Waals surface area contributed by atoms with Gasteiger partial charge in [0.2, 0.25) is 0 Å². The first-order valence-corrected chi connectivity index (χ1v) is 10.7. The summed E-state index contributed by atoms with van der Waals surface area (Å²) in [6.07, 6.45) is 1.86. The van der Waals surface area contributed by atoms with Crippen molar-refractivity contribution in [3.8, 4) is 12.1 Å². The molecule has 1 saturated carbocycles. The third kappa shape index (κ3) is 2.23. The first-order chi connectivity index (χ1) is 12.5. The number of nitrogens with zero attached hydrogens (tertiary/aromatic N) is 3. The second-order valence-electron chi connectivity index (χ2n) is 6.60. The maximum absolute atomic E-state index is 13.8. The number of benzene rings is 1. The summed E-state index contributed by atoms with van der Waals surface area (Å²) in [6.45, 7) is 4.14. The van der Waals surface area contributed by atoms with Crippen LogP contribution in [0, 0.1) is 39.3 Å². The summed E-state index contributed by atoms with van der Waals surface area (Å²) in [4.78, 5) is 4.69. The molecule has 0 aromatic heterocycles. The molecule has 0 amide bonds. The van der Waals surface area contributed by atoms with Gasteiger partial charge < -0.3 is 5.73 Å². The Morgan fingerprint density at radius 2 is 1.85 bits per heavy atom. The number of hydrogen-bond donors (Lipinski definition) is 1. The predicted molar refractivity (Wildman–Crippen MR) is 105 cm³/mol. The monoisotopic (exact) mass is 388 g/mol. The van der Waals surface area contributed by atoms with Gasteiger partial charge in [-0.05, 0) is 42.0 Å². The average molecular weight is 389 g/mol. The Labute approximate surface area is 162 Å². The number of amidine groups is 1. The van der Waals surface area contributed by atoms with Gasteiger partial charge in [-0.3, -0.25) is 0 Å². The first-order valence-electron chi connectivity index (χ1n) is 8.71. The van der Waals surface area contributed by atoms with Crippen LogP contribution < -0.4 is 5.73 Å². The van der Waals surface area contributed by atoms with Gasteiger partial charge in [-0.2, -0.15) is 10.5 Å². The summed E-state index contributed by atoms with van der Waals surface area (Å²) in [5, 5.41) is 20.3. The van der Waals surface area contributed by atoms with E-state index in [1.807, 2.05) is 0 Å². The van der Waals surface area contributed by atoms with Crippen molar-refractivity contribution in [3.63, 3.8) is 0 Å². The van der Waals surface area contributed by atoms with E-state index in [0.717, 1.165) is 24.3 Å². The van der Waals surface area contributed by atoms with Gasteiger partial charge in [-0.1, -0.05) is 26.0 Å². The zero-order valence-corrected chi connectivity index (χ0v) is 16.5. The third-order valence-corrected chi connectivity index (χ3v) is 8.65. The Bertz CT molecular complexity index is 820. The van der Waals surface area contributed by atoms with Crippen molar-refractivity contribution < 1.29 is 4.39 Å². The zero-order chi connectivity index (χ0) is 19.0. The Balaban J connectivity index is 2.17. The van der Waals surface area contributed by atoms with Crippen LogP contribution in [-0.4, -0.2) is 21.5 Å². The van der Waals surface area contributed by atoms with Gasteiger partial charge in [-0.25, -0.2) is 9.38 Å². The maximum Gasteiger partial charge on any atom is 0.175 e. The Hall–Kier alpha value is -1.70. The molecule has 3 rings (SSSR count). The van der Waals surface area contributed by atoms with Crippen LogP contribution in [0.2, 0.25) is 0 Å². The number of aliphatic imine (C=N–C) groups is 1. The largest absolute Gasteiger partial charge is 0.386 e. The smallest absolute Gasteiger partial charge is 0.175 e. The van der Waals surface area contributed by atoms with Gasteiger partial charge in [0.1, 0.15) is 22.5 Å². The van der Waals surface area contributed by atoms with E-state index in [-0.39, 0.29) is 11.7 Å². The van der Waals surface area contributed by atoms with Crippen molar-refractivity contribution in [2.75, 3.05) is 11.5 Å². The molecule has 4 nitrogen and oxygen atoms in total. The SMILES string of the molecule is CCCSC1(SCCC)N=C(N)C2(C#N)C(c3cccc(F)c3)C12C#N. The summed E-state index contributed by atoms with van der Waals surface area (Å²) < 4.78 is 13.0. The molecule has 1 aromatic rings. The fraction of sp³-hybridized carbons (Fsp3) is 0.526. The lowest BCUT2D eigenvalue weighted by atomic mass is 9.97. The van der Waals surface area contributed by atoms with E-state index < -0.39 is 21.0 Å². The molecule has 1 aliphatic carbocycles. The second kappa shape index (κ2) is 6.79. The van der Waals surface area contributed by atoms with Crippen LogP contribution in [0.15, 0.2) is 29.3 Å². The fourth-order valence-electron chi connectivity index (χ4n) is 4.03. The van der Waals surface area contributed by atoms with Crippen molar-refractivity contribution in [2.24, 2.45) is 21.6 Å². The average Bonchev–Trinajstić information content (AvgIpc) is 3.23. The molecule has 0 spiro atoms. The summed E-state index contributed by atoms with van der Waals surface area (Å²) in [5.41, 5.74) is 4.65. The van der Waals surface area contributed by atoms with Gasteiger partial charge >= 0.3 is 0 Å². The maximum atomic E-state index is 13.8. The minimum Gasteiger partial charge on any atom is -0.386 e. The van der Waals surface area contributed by atoms with Crippen molar-refractivity contribution in [3.05, 3.63) is 35.6 Å². The molecular formula is C19H21FN4S2. The number of halogens is 1. The minimum absolute atomic E-state index is 0.211. The van der Waals surface area contributed by atoms with Gasteiger partial charge in [0.25, 0.3) is 0 Å². The van der Waals surface area contributed by atoms with Crippen LogP contribution in [0.3, 0.4) is 0 Å². The van der Waals surface area contributed by atoms with Crippen molar-refractivity contribution in [1.82, 2.24) is 0 Å². The summed E-state index contributed by atoms with van der Waals surface area (Å²) in [6, 6.07) is 10.9. The van der Waals surface area contributed by atoms with E-state index in [1.165, 1.54) is 12.1 Å². The lowest BCUT2D eigenvalue weighted by Crippen LogP contribution is -2.32. The van der Waals surface area contributed by atoms with E-state index in [4.69, 9.17) is 10.7 Å². The molecule has 2 N–H and O–H groups in total. The highest BCUT2D eigenvalue weighted by Crippen LogP contribution is 2.85. The van der Waals surface area contributed by atoms with Crippen LogP contribution in [0.5, 0.6) is 0 Å². The van der Waals surface area contributed by atoms with E-state index in [2.05, 4.69) is 26.0 Å². The summed E-state index contributed by atoms with van der Waals surface area (Å²) in [5.74, 6) is 0.995. The Kier molecular flexibility index (Phi) is 4.98. The van der Waals surface area contributed by atoms with E-state index in [1.54, 1.807) is 35.7 Å². The summed E-state index contributed by atoms with van der Waals surface area (Å²) in [7, 11) is 0. The van der Waals surface area contributed by atoms with Crippen LogP contribution in [0.1, 0.15) is 38.2 Å². The molecule has 136 valence electrons. The van der Waals surface area contributed by atoms with Gasteiger partial charge in [0.05, 0.1) is 12.1 Å². The van der Waals surface area contributed by atoms with Crippen molar-refractivity contribution in [2.45, 2.75) is 36.8 Å². The Morgan fingerprint density at radius 1 is 1.19 bits per heavy atom. The number of rotatable bonds is 7. The third-order valence-electron chi connectivity index (χ3n) is 5.11. The molecule has 1 aliphatic heterocycles. The van der Waals surface area contributed by atoms with Crippen LogP contribution in [0.25, 0.3) is 0 Å². The molecule has 1 aromatic carbocycles. The molecule has 0 bridgehead atoms. The quantitative estimate of drug-likeness (QED) is 0.706. The molecule has 3 atom stereocenters. The summed E-state index contributed by atoms with van der Waals surface area (Å²) >= 11 is 3.19. The van der Waals surface area contributed by atoms with Gasteiger partial charge in [0, 0.05) is 5.92 Å². The number of nitriles is 2. The molecule has 3 unspecified atom stereocenters. The van der Waals surface area contributed by atoms with Crippen molar-refractivity contribution in [1.29, 1.82) is 10.5 Å². The highest BCUT2D eigenvalue weighted by Gasteiger charge is 2.91. The Morgan fingerprint density at radius 3 is 2.35 bits per heavy atom. The zero-order valence-electron chi connectivity index (χ0n) is 14.8. The first kappa shape index (κ1) is 19.1. The van der Waals surface area contributed by atoms with Crippen molar-refractivity contribution >= 4 is 29.4 Å². The molecular weight excluding hydrogens is 367 g/mol. The molecule has 2 aliphatic rings. The lowest BCUT2D eigenvalue weighted by molar-refractivity contribution is 0.561. The number of hydrogen-bond acceptors (Lipinski definition) is 6. The number of thioether (sulfide) groups is 2. The highest BCUT2D eigenvalue weighted by molar-refractivity contribution is 8.18. The van der Waals surface area contributed by atoms with Gasteiger partial charge in [-0.15, -0.1) is 23.5 Å². The second-order valence-corrected chi connectivity index (χ2v) is 9.44. The van der Waals surface area contributed by atoms with Crippen LogP contribution in [-0.2, 0) is 0 Å². The van der Waals surface area contributed by atoms with Crippen LogP contribution >= 0.6 is 23.5 Å².